The smallest absolute Gasteiger partial charge is 0.336 e. The Kier molecular flexibility index (Phi) is 7.89. The van der Waals surface area contributed by atoms with Gasteiger partial charge in [-0.2, -0.15) is 0 Å². The summed E-state index contributed by atoms with van der Waals surface area (Å²) in [5, 5.41) is 9.96. The van der Waals surface area contributed by atoms with E-state index in [4.69, 9.17) is 4.52 Å². The number of ketones is 1. The van der Waals surface area contributed by atoms with Crippen molar-refractivity contribution in [3.63, 3.8) is 0 Å². The van der Waals surface area contributed by atoms with Crippen LogP contribution in [-0.4, -0.2) is 16.9 Å². The van der Waals surface area contributed by atoms with Crippen LogP contribution < -0.4 is 14.3 Å². The van der Waals surface area contributed by atoms with Gasteiger partial charge in [-0.1, -0.05) is 45.9 Å². The molecule has 0 unspecified atom stereocenters. The highest BCUT2D eigenvalue weighted by Gasteiger charge is 2.26. The molecule has 0 radical (unpaired) electrons. The molecule has 0 saturated carbocycles. The molecule has 7 nitrogen and oxygen atoms in total. The second-order valence-corrected chi connectivity index (χ2v) is 10.6. The van der Waals surface area contributed by atoms with E-state index in [-0.39, 0.29) is 28.9 Å². The average Bonchev–Trinajstić information content (AvgIpc) is 2.75. The molecule has 0 bridgehead atoms. The standard InChI is InChI=1S/C28H31O7P/c1-15(2)21-13-23(17(5)11-25(21)29)27(19-9-7-8-10-20(19)28(30)31)24-14-22(16(3)4)26(12-18(24)6)35-36(32,33)34/h7-16H,1-6H3,(H,30,31)(H2,32,33,34)/p-2. The highest BCUT2D eigenvalue weighted by molar-refractivity contribution is 7.43. The maximum Gasteiger partial charge on any atom is 0.336 e. The highest BCUT2D eigenvalue weighted by atomic mass is 31.2. The summed E-state index contributed by atoms with van der Waals surface area (Å²) in [7, 11) is -5.30. The molecule has 2 aromatic rings. The van der Waals surface area contributed by atoms with Gasteiger partial charge in [-0.3, -0.25) is 4.79 Å². The van der Waals surface area contributed by atoms with Gasteiger partial charge in [-0.05, 0) is 95.0 Å². The van der Waals surface area contributed by atoms with Gasteiger partial charge in [-0.25, -0.2) is 4.79 Å². The quantitative estimate of drug-likeness (QED) is 0.525. The van der Waals surface area contributed by atoms with Crippen LogP contribution in [0.5, 0.6) is 5.75 Å². The van der Waals surface area contributed by atoms with Crippen molar-refractivity contribution in [2.24, 2.45) is 5.92 Å². The lowest BCUT2D eigenvalue weighted by Gasteiger charge is -2.31. The first-order valence-electron chi connectivity index (χ1n) is 11.6. The fourth-order valence-electron chi connectivity index (χ4n) is 4.36. The van der Waals surface area contributed by atoms with Crippen molar-refractivity contribution >= 4 is 25.1 Å². The first-order valence-corrected chi connectivity index (χ1v) is 13.1. The monoisotopic (exact) mass is 508 g/mol. The molecule has 36 heavy (non-hydrogen) atoms. The summed E-state index contributed by atoms with van der Waals surface area (Å²) in [5.74, 6) is -1.52. The van der Waals surface area contributed by atoms with E-state index >= 15 is 0 Å². The molecule has 0 aromatic heterocycles. The molecule has 3 rings (SSSR count). The molecule has 1 aliphatic rings. The maximum absolute atomic E-state index is 12.7. The summed E-state index contributed by atoms with van der Waals surface area (Å²) in [6.45, 7) is 11.0. The van der Waals surface area contributed by atoms with E-state index < -0.39 is 13.8 Å². The van der Waals surface area contributed by atoms with Crippen molar-refractivity contribution in [3.8, 4) is 5.75 Å². The molecule has 0 spiro atoms. The van der Waals surface area contributed by atoms with E-state index in [0.717, 1.165) is 0 Å². The minimum Gasteiger partial charge on any atom is -0.780 e. The van der Waals surface area contributed by atoms with Crippen LogP contribution in [0, 0.1) is 12.8 Å². The van der Waals surface area contributed by atoms with Crippen molar-refractivity contribution in [1.29, 1.82) is 0 Å². The summed E-state index contributed by atoms with van der Waals surface area (Å²) in [5.41, 5.74) is 4.79. The third-order valence-electron chi connectivity index (χ3n) is 6.13. The number of carboxylic acid groups (broad SMARTS) is 1. The molecule has 2 aromatic carbocycles. The van der Waals surface area contributed by atoms with Crippen LogP contribution >= 0.6 is 7.82 Å². The Bertz CT molecular complexity index is 1370. The molecule has 8 heteroatoms. The fraction of sp³-hybridized carbons (Fsp3) is 0.286. The van der Waals surface area contributed by atoms with E-state index in [1.807, 2.05) is 27.7 Å². The number of carboxylic acids is 1. The van der Waals surface area contributed by atoms with Gasteiger partial charge >= 0.3 is 5.97 Å². The molecule has 190 valence electrons. The zero-order chi connectivity index (χ0) is 26.9. The largest absolute Gasteiger partial charge is 0.780 e. The summed E-state index contributed by atoms with van der Waals surface area (Å²) >= 11 is 0. The Hall–Kier alpha value is -3.25. The van der Waals surface area contributed by atoms with Crippen molar-refractivity contribution in [2.75, 3.05) is 0 Å². The van der Waals surface area contributed by atoms with Crippen molar-refractivity contribution in [1.82, 2.24) is 0 Å². The molecular formula is C28H29O7P-2. The molecule has 0 saturated heterocycles. The lowest BCUT2D eigenvalue weighted by Crippen LogP contribution is -2.19. The summed E-state index contributed by atoms with van der Waals surface area (Å²) in [6.07, 6.45) is 3.36. The number of phosphoric acid groups is 1. The number of aryl methyl sites for hydroxylation is 1. The van der Waals surface area contributed by atoms with E-state index in [0.29, 0.717) is 44.5 Å². The SMILES string of the molecule is CC1=CC(=O)C(C(C)C)=CC1=C(c1cc(C(C)C)c(OP(=O)([O-])[O-])cc1C)c1ccccc1C(=O)O. The first-order chi connectivity index (χ1) is 16.7. The van der Waals surface area contributed by atoms with E-state index in [1.165, 1.54) is 12.1 Å². The number of hydrogen-bond acceptors (Lipinski definition) is 6. The van der Waals surface area contributed by atoms with Gasteiger partial charge in [0.05, 0.1) is 5.56 Å². The molecule has 0 aliphatic heterocycles. The zero-order valence-corrected chi connectivity index (χ0v) is 22.0. The Morgan fingerprint density at radius 1 is 0.944 bits per heavy atom. The molecule has 0 heterocycles. The normalized spacial score (nSPS) is 15.7. The van der Waals surface area contributed by atoms with Crippen LogP contribution in [-0.2, 0) is 9.36 Å². The fourth-order valence-corrected chi connectivity index (χ4v) is 4.76. The minimum absolute atomic E-state index is 0.0556. The number of phosphoric ester groups is 1. The minimum atomic E-state index is -5.30. The van der Waals surface area contributed by atoms with Crippen LogP contribution in [0.15, 0.2) is 65.3 Å². The van der Waals surface area contributed by atoms with E-state index in [1.54, 1.807) is 50.3 Å². The Morgan fingerprint density at radius 3 is 2.08 bits per heavy atom. The summed E-state index contributed by atoms with van der Waals surface area (Å²) in [4.78, 5) is 47.7. The molecular weight excluding hydrogens is 479 g/mol. The second kappa shape index (κ2) is 10.4. The number of carbonyl (C=O) groups is 2. The maximum atomic E-state index is 12.7. The van der Waals surface area contributed by atoms with Gasteiger partial charge in [0.25, 0.3) is 0 Å². The van der Waals surface area contributed by atoms with Gasteiger partial charge in [-0.15, -0.1) is 0 Å². The number of hydrogen-bond donors (Lipinski definition) is 1. The van der Waals surface area contributed by atoms with Gasteiger partial charge in [0, 0.05) is 5.57 Å². The van der Waals surface area contributed by atoms with Crippen LogP contribution in [0.1, 0.15) is 73.1 Å². The molecule has 0 amide bonds. The molecule has 1 aliphatic carbocycles. The van der Waals surface area contributed by atoms with E-state index in [2.05, 4.69) is 0 Å². The average molecular weight is 509 g/mol. The molecule has 0 atom stereocenters. The number of benzene rings is 2. The predicted molar refractivity (Wildman–Crippen MR) is 135 cm³/mol. The Labute approximate surface area is 211 Å². The van der Waals surface area contributed by atoms with Gasteiger partial charge in [0.15, 0.2) is 5.78 Å². The zero-order valence-electron chi connectivity index (χ0n) is 21.1. The lowest BCUT2D eigenvalue weighted by molar-refractivity contribution is -0.333. The predicted octanol–water partition coefficient (Wildman–Crippen LogP) is 4.94. The number of rotatable bonds is 7. The number of aromatic carboxylic acids is 1. The summed E-state index contributed by atoms with van der Waals surface area (Å²) < 4.78 is 16.2. The number of allylic oxidation sites excluding steroid dienone is 5. The second-order valence-electron chi connectivity index (χ2n) is 9.48. The van der Waals surface area contributed by atoms with Crippen LogP contribution in [0.4, 0.5) is 0 Å². The topological polar surface area (TPSA) is 127 Å². The van der Waals surface area contributed by atoms with E-state index in [9.17, 15) is 29.0 Å². The third-order valence-corrected chi connectivity index (χ3v) is 6.55. The summed E-state index contributed by atoms with van der Waals surface area (Å²) in [6, 6.07) is 9.82. The van der Waals surface area contributed by atoms with Crippen molar-refractivity contribution < 1.29 is 33.6 Å². The highest BCUT2D eigenvalue weighted by Crippen LogP contribution is 2.43. The van der Waals surface area contributed by atoms with Crippen LogP contribution in [0.25, 0.3) is 5.57 Å². The van der Waals surface area contributed by atoms with Crippen molar-refractivity contribution in [3.05, 3.63) is 93.1 Å². The number of carbonyl (C=O) groups excluding carboxylic acids is 1. The molecule has 0 fully saturated rings. The van der Waals surface area contributed by atoms with Gasteiger partial charge in [0.2, 0.25) is 0 Å². The Morgan fingerprint density at radius 2 is 1.56 bits per heavy atom. The lowest BCUT2D eigenvalue weighted by atomic mass is 9.80. The first kappa shape index (κ1) is 27.3. The van der Waals surface area contributed by atoms with Crippen molar-refractivity contribution in [2.45, 2.75) is 47.5 Å². The Balaban J connectivity index is 2.49. The van der Waals surface area contributed by atoms with Gasteiger partial charge < -0.3 is 24.0 Å². The van der Waals surface area contributed by atoms with Crippen LogP contribution in [0.2, 0.25) is 0 Å². The molecule has 1 N–H and O–H groups in total. The van der Waals surface area contributed by atoms with Crippen LogP contribution in [0.3, 0.4) is 0 Å². The third kappa shape index (κ3) is 5.76. The van der Waals surface area contributed by atoms with Gasteiger partial charge in [0.1, 0.15) is 13.6 Å².